The highest BCUT2D eigenvalue weighted by Gasteiger charge is 2.11. The Balaban J connectivity index is 2.36. The molecule has 1 amide bonds. The van der Waals surface area contributed by atoms with Crippen molar-refractivity contribution in [3.63, 3.8) is 0 Å². The molecular weight excluding hydrogens is 250 g/mol. The van der Waals surface area contributed by atoms with Gasteiger partial charge in [0.1, 0.15) is 15.7 Å². The van der Waals surface area contributed by atoms with Crippen LogP contribution in [-0.2, 0) is 7.05 Å². The van der Waals surface area contributed by atoms with Crippen molar-refractivity contribution in [2.24, 2.45) is 12.8 Å². The first-order chi connectivity index (χ1) is 8.47. The Kier molecular flexibility index (Phi) is 3.24. The van der Waals surface area contributed by atoms with Crippen molar-refractivity contribution in [1.82, 2.24) is 14.8 Å². The summed E-state index contributed by atoms with van der Waals surface area (Å²) in [6.45, 7) is 1.90. The molecule has 2 rings (SSSR count). The van der Waals surface area contributed by atoms with E-state index in [0.29, 0.717) is 10.7 Å². The van der Waals surface area contributed by atoms with E-state index in [2.05, 4.69) is 10.1 Å². The molecule has 0 aliphatic rings. The Labute approximate surface area is 108 Å². The third-order valence-electron chi connectivity index (χ3n) is 2.30. The first-order valence-electron chi connectivity index (χ1n) is 5.22. The molecule has 18 heavy (non-hydrogen) atoms. The summed E-state index contributed by atoms with van der Waals surface area (Å²) >= 11 is 1.35. The lowest BCUT2D eigenvalue weighted by molar-refractivity contribution is 0.0995. The van der Waals surface area contributed by atoms with Crippen LogP contribution >= 0.6 is 11.8 Å². The van der Waals surface area contributed by atoms with Gasteiger partial charge in [-0.1, -0.05) is 0 Å². The summed E-state index contributed by atoms with van der Waals surface area (Å²) in [6.07, 6.45) is 0. The highest BCUT2D eigenvalue weighted by molar-refractivity contribution is 7.99. The number of pyridine rings is 1. The minimum absolute atomic E-state index is 0.200. The van der Waals surface area contributed by atoms with Crippen LogP contribution in [-0.4, -0.2) is 20.7 Å². The molecule has 0 saturated heterocycles. The van der Waals surface area contributed by atoms with Crippen LogP contribution in [0.25, 0.3) is 0 Å². The molecule has 0 unspecified atom stereocenters. The van der Waals surface area contributed by atoms with Crippen LogP contribution in [0.2, 0.25) is 0 Å². The maximum Gasteiger partial charge on any atom is 0.267 e. The van der Waals surface area contributed by atoms with Gasteiger partial charge in [-0.05, 0) is 36.9 Å². The highest BCUT2D eigenvalue weighted by atomic mass is 32.2. The third-order valence-corrected chi connectivity index (χ3v) is 3.41. The van der Waals surface area contributed by atoms with E-state index >= 15 is 0 Å². The Bertz CT molecular complexity index is 607. The largest absolute Gasteiger partial charge is 0.397 e. The summed E-state index contributed by atoms with van der Waals surface area (Å²) < 4.78 is 1.73. The van der Waals surface area contributed by atoms with E-state index in [1.165, 1.54) is 17.8 Å². The van der Waals surface area contributed by atoms with Gasteiger partial charge in [0.15, 0.2) is 0 Å². The van der Waals surface area contributed by atoms with Crippen molar-refractivity contribution in [3.8, 4) is 0 Å². The Hall–Kier alpha value is -2.02. The summed E-state index contributed by atoms with van der Waals surface area (Å²) in [7, 11) is 1.84. The van der Waals surface area contributed by atoms with Gasteiger partial charge >= 0.3 is 0 Å². The van der Waals surface area contributed by atoms with Crippen LogP contribution in [0.3, 0.4) is 0 Å². The fourth-order valence-corrected chi connectivity index (χ4v) is 2.38. The maximum atomic E-state index is 11.1. The van der Waals surface area contributed by atoms with Crippen LogP contribution in [0.5, 0.6) is 0 Å². The monoisotopic (exact) mass is 263 g/mol. The molecule has 0 fully saturated rings. The summed E-state index contributed by atoms with van der Waals surface area (Å²) in [6, 6.07) is 5.05. The van der Waals surface area contributed by atoms with E-state index in [-0.39, 0.29) is 5.69 Å². The molecule has 7 heteroatoms. The zero-order chi connectivity index (χ0) is 13.3. The molecule has 94 valence electrons. The SMILES string of the molecule is Cc1cc(Sc2nc(C(N)=O)ccc2N)n(C)n1. The van der Waals surface area contributed by atoms with Crippen molar-refractivity contribution in [1.29, 1.82) is 0 Å². The van der Waals surface area contributed by atoms with Gasteiger partial charge in [-0.25, -0.2) is 4.98 Å². The van der Waals surface area contributed by atoms with Crippen LogP contribution in [0.4, 0.5) is 5.69 Å². The molecule has 0 aliphatic heterocycles. The molecule has 4 N–H and O–H groups in total. The molecule has 0 bridgehead atoms. The fourth-order valence-electron chi connectivity index (χ4n) is 1.45. The standard InChI is InChI=1S/C11H13N5OS/c1-6-5-9(16(2)15-6)18-11-7(12)3-4-8(14-11)10(13)17/h3-5H,12H2,1-2H3,(H2,13,17). The lowest BCUT2D eigenvalue weighted by Gasteiger charge is -2.05. The first-order valence-corrected chi connectivity index (χ1v) is 6.04. The van der Waals surface area contributed by atoms with Gasteiger partial charge in [0.05, 0.1) is 11.4 Å². The van der Waals surface area contributed by atoms with Crippen molar-refractivity contribution in [2.45, 2.75) is 17.0 Å². The number of carbonyl (C=O) groups excluding carboxylic acids is 1. The van der Waals surface area contributed by atoms with E-state index in [0.717, 1.165) is 10.7 Å². The molecule has 0 atom stereocenters. The van der Waals surface area contributed by atoms with Crippen LogP contribution in [0.15, 0.2) is 28.3 Å². The Morgan fingerprint density at radius 2 is 2.17 bits per heavy atom. The average Bonchev–Trinajstić information content (AvgIpc) is 2.60. The zero-order valence-corrected chi connectivity index (χ0v) is 10.9. The second kappa shape index (κ2) is 4.69. The Morgan fingerprint density at radius 3 is 2.72 bits per heavy atom. The van der Waals surface area contributed by atoms with E-state index in [4.69, 9.17) is 11.5 Å². The number of hydrogen-bond acceptors (Lipinski definition) is 5. The second-order valence-electron chi connectivity index (χ2n) is 3.80. The van der Waals surface area contributed by atoms with Crippen LogP contribution in [0.1, 0.15) is 16.2 Å². The number of aromatic nitrogens is 3. The second-order valence-corrected chi connectivity index (χ2v) is 4.81. The van der Waals surface area contributed by atoms with Crippen molar-refractivity contribution < 1.29 is 4.79 Å². The molecule has 0 aliphatic carbocycles. The van der Waals surface area contributed by atoms with Gasteiger partial charge < -0.3 is 11.5 Å². The van der Waals surface area contributed by atoms with E-state index < -0.39 is 5.91 Å². The quantitative estimate of drug-likeness (QED) is 0.859. The summed E-state index contributed by atoms with van der Waals surface area (Å²) in [4.78, 5) is 15.2. The number of nitrogens with two attached hydrogens (primary N) is 2. The number of carbonyl (C=O) groups is 1. The molecule has 0 radical (unpaired) electrons. The van der Waals surface area contributed by atoms with Crippen LogP contribution < -0.4 is 11.5 Å². The predicted molar refractivity (Wildman–Crippen MR) is 69.2 cm³/mol. The van der Waals surface area contributed by atoms with Gasteiger partial charge in [0.25, 0.3) is 5.91 Å². The van der Waals surface area contributed by atoms with E-state index in [1.54, 1.807) is 10.7 Å². The van der Waals surface area contributed by atoms with E-state index in [1.807, 2.05) is 20.0 Å². The van der Waals surface area contributed by atoms with Gasteiger partial charge in [-0.15, -0.1) is 0 Å². The maximum absolute atomic E-state index is 11.1. The van der Waals surface area contributed by atoms with Crippen LogP contribution in [0, 0.1) is 6.92 Å². The van der Waals surface area contributed by atoms with Crippen molar-refractivity contribution in [3.05, 3.63) is 29.6 Å². The van der Waals surface area contributed by atoms with Gasteiger partial charge in [0, 0.05) is 7.05 Å². The molecule has 2 heterocycles. The fraction of sp³-hybridized carbons (Fsp3) is 0.182. The summed E-state index contributed by atoms with van der Waals surface area (Å²) in [5.74, 6) is -0.571. The number of anilines is 1. The predicted octanol–water partition coefficient (Wildman–Crippen LogP) is 0.956. The number of aryl methyl sites for hydroxylation is 2. The van der Waals surface area contributed by atoms with Crippen molar-refractivity contribution in [2.75, 3.05) is 5.73 Å². The number of nitrogen functional groups attached to an aromatic ring is 1. The lowest BCUT2D eigenvalue weighted by atomic mass is 10.3. The topological polar surface area (TPSA) is 99.8 Å². The molecular formula is C11H13N5OS. The number of rotatable bonds is 3. The first kappa shape index (κ1) is 12.4. The summed E-state index contributed by atoms with van der Waals surface area (Å²) in [5.41, 5.74) is 12.6. The molecule has 0 saturated carbocycles. The minimum Gasteiger partial charge on any atom is -0.397 e. The average molecular weight is 263 g/mol. The summed E-state index contributed by atoms with van der Waals surface area (Å²) in [5, 5.41) is 5.68. The van der Waals surface area contributed by atoms with Gasteiger partial charge in [0.2, 0.25) is 0 Å². The minimum atomic E-state index is -0.571. The number of hydrogen-bond donors (Lipinski definition) is 2. The molecule has 0 aromatic carbocycles. The van der Waals surface area contributed by atoms with Crippen molar-refractivity contribution >= 4 is 23.4 Å². The van der Waals surface area contributed by atoms with Gasteiger partial charge in [-0.3, -0.25) is 9.48 Å². The number of primary amides is 1. The third kappa shape index (κ3) is 2.45. The molecule has 2 aromatic heterocycles. The lowest BCUT2D eigenvalue weighted by Crippen LogP contribution is -2.13. The van der Waals surface area contributed by atoms with Gasteiger partial charge in [-0.2, -0.15) is 5.10 Å². The number of nitrogens with zero attached hydrogens (tertiary/aromatic N) is 3. The zero-order valence-electron chi connectivity index (χ0n) is 10.0. The number of amides is 1. The Morgan fingerprint density at radius 1 is 1.44 bits per heavy atom. The molecule has 0 spiro atoms. The smallest absolute Gasteiger partial charge is 0.267 e. The van der Waals surface area contributed by atoms with E-state index in [9.17, 15) is 4.79 Å². The molecule has 2 aromatic rings. The highest BCUT2D eigenvalue weighted by Crippen LogP contribution is 2.30. The normalized spacial score (nSPS) is 10.6. The molecule has 6 nitrogen and oxygen atoms in total.